The van der Waals surface area contributed by atoms with Crippen LogP contribution in [0.2, 0.25) is 0 Å². The summed E-state index contributed by atoms with van der Waals surface area (Å²) in [5.41, 5.74) is 5.45. The molecule has 0 fully saturated rings. The number of carbonyl (C=O) groups is 1. The van der Waals surface area contributed by atoms with Crippen LogP contribution in [0.1, 0.15) is 24.2 Å². The lowest BCUT2D eigenvalue weighted by atomic mass is 10.1. The fraction of sp³-hybridized carbons (Fsp3) is 0.545. The van der Waals surface area contributed by atoms with Gasteiger partial charge in [0.15, 0.2) is 5.56 Å². The van der Waals surface area contributed by atoms with Crippen molar-refractivity contribution in [2.45, 2.75) is 19.4 Å². The second kappa shape index (κ2) is 5.63. The molecule has 1 aromatic heterocycles. The number of nitrogens with one attached hydrogen (secondary N) is 1. The summed E-state index contributed by atoms with van der Waals surface area (Å²) in [5, 5.41) is 2.68. The maximum Gasteiger partial charge on any atom is 0.262 e. The van der Waals surface area contributed by atoms with Crippen molar-refractivity contribution in [1.29, 1.82) is 0 Å². The van der Waals surface area contributed by atoms with Crippen LogP contribution in [-0.4, -0.2) is 42.2 Å². The molecule has 3 N–H and O–H groups in total. The predicted octanol–water partition coefficient (Wildman–Crippen LogP) is -0.0391. The Kier molecular flexibility index (Phi) is 4.43. The van der Waals surface area contributed by atoms with Gasteiger partial charge in [-0.25, -0.2) is 9.97 Å². The Bertz CT molecular complexity index is 407. The fourth-order valence-corrected chi connectivity index (χ4v) is 1.25. The number of aromatic nitrogens is 2. The first-order valence-corrected chi connectivity index (χ1v) is 5.39. The predicted molar refractivity (Wildman–Crippen MR) is 65.7 cm³/mol. The largest absolute Gasteiger partial charge is 0.480 e. The van der Waals surface area contributed by atoms with E-state index in [-0.39, 0.29) is 23.2 Å². The highest BCUT2D eigenvalue weighted by Gasteiger charge is 2.22. The molecule has 100 valence electrons. The van der Waals surface area contributed by atoms with Crippen molar-refractivity contribution in [1.82, 2.24) is 15.3 Å². The number of methoxy groups -OCH3 is 2. The second-order valence-corrected chi connectivity index (χ2v) is 4.44. The van der Waals surface area contributed by atoms with E-state index >= 15 is 0 Å². The van der Waals surface area contributed by atoms with E-state index < -0.39 is 5.54 Å². The SMILES string of the molecule is COc1ncnc(OC)c1C(=O)NCC(C)(C)N. The average molecular weight is 254 g/mol. The van der Waals surface area contributed by atoms with Gasteiger partial charge in [0, 0.05) is 12.1 Å². The first kappa shape index (κ1) is 14.2. The summed E-state index contributed by atoms with van der Waals surface area (Å²) in [7, 11) is 2.84. The summed E-state index contributed by atoms with van der Waals surface area (Å²) in [6.45, 7) is 3.93. The third-order valence-electron chi connectivity index (χ3n) is 2.10. The molecule has 1 heterocycles. The summed E-state index contributed by atoms with van der Waals surface area (Å²) in [4.78, 5) is 19.8. The van der Waals surface area contributed by atoms with E-state index in [4.69, 9.17) is 15.2 Å². The molecule has 0 atom stereocenters. The molecule has 0 aliphatic carbocycles. The number of ether oxygens (including phenoxy) is 2. The number of nitrogens with zero attached hydrogens (tertiary/aromatic N) is 2. The van der Waals surface area contributed by atoms with Crippen molar-refractivity contribution in [2.24, 2.45) is 5.73 Å². The zero-order chi connectivity index (χ0) is 13.8. The van der Waals surface area contributed by atoms with Gasteiger partial charge in [-0.1, -0.05) is 0 Å². The summed E-state index contributed by atoms with van der Waals surface area (Å²) < 4.78 is 10.0. The Labute approximate surface area is 106 Å². The van der Waals surface area contributed by atoms with E-state index in [1.54, 1.807) is 0 Å². The zero-order valence-electron chi connectivity index (χ0n) is 11.0. The van der Waals surface area contributed by atoms with E-state index in [0.29, 0.717) is 6.54 Å². The molecular weight excluding hydrogens is 236 g/mol. The van der Waals surface area contributed by atoms with Gasteiger partial charge in [0.2, 0.25) is 11.8 Å². The van der Waals surface area contributed by atoms with Gasteiger partial charge < -0.3 is 20.5 Å². The quantitative estimate of drug-likeness (QED) is 0.765. The van der Waals surface area contributed by atoms with Crippen molar-refractivity contribution < 1.29 is 14.3 Å². The average Bonchev–Trinajstić information content (AvgIpc) is 2.33. The van der Waals surface area contributed by atoms with Gasteiger partial charge in [0.05, 0.1) is 14.2 Å². The van der Waals surface area contributed by atoms with Gasteiger partial charge in [-0.05, 0) is 13.8 Å². The molecule has 0 saturated heterocycles. The van der Waals surface area contributed by atoms with Crippen molar-refractivity contribution in [3.8, 4) is 11.8 Å². The normalized spacial score (nSPS) is 10.9. The van der Waals surface area contributed by atoms with Gasteiger partial charge >= 0.3 is 0 Å². The van der Waals surface area contributed by atoms with Gasteiger partial charge in [-0.15, -0.1) is 0 Å². The first-order chi connectivity index (χ1) is 8.39. The highest BCUT2D eigenvalue weighted by atomic mass is 16.5. The zero-order valence-corrected chi connectivity index (χ0v) is 11.0. The smallest absolute Gasteiger partial charge is 0.262 e. The Morgan fingerprint density at radius 1 is 1.33 bits per heavy atom. The minimum atomic E-state index is -0.508. The van der Waals surface area contributed by atoms with E-state index in [2.05, 4.69) is 15.3 Å². The van der Waals surface area contributed by atoms with Gasteiger partial charge in [0.25, 0.3) is 5.91 Å². The van der Waals surface area contributed by atoms with Crippen LogP contribution >= 0.6 is 0 Å². The molecular formula is C11H18N4O3. The van der Waals surface area contributed by atoms with Crippen LogP contribution in [0.25, 0.3) is 0 Å². The maximum absolute atomic E-state index is 12.0. The Balaban J connectivity index is 2.96. The minimum absolute atomic E-state index is 0.159. The molecule has 1 amide bonds. The molecule has 7 nitrogen and oxygen atoms in total. The van der Waals surface area contributed by atoms with Gasteiger partial charge in [-0.2, -0.15) is 0 Å². The van der Waals surface area contributed by atoms with E-state index in [1.165, 1.54) is 20.5 Å². The molecule has 7 heteroatoms. The molecule has 0 unspecified atom stereocenters. The molecule has 1 rings (SSSR count). The molecule has 0 aliphatic heterocycles. The number of hydrogen-bond acceptors (Lipinski definition) is 6. The third kappa shape index (κ3) is 3.56. The minimum Gasteiger partial charge on any atom is -0.480 e. The summed E-state index contributed by atoms with van der Waals surface area (Å²) in [6, 6.07) is 0. The molecule has 0 aliphatic rings. The molecule has 0 radical (unpaired) electrons. The lowest BCUT2D eigenvalue weighted by molar-refractivity contribution is 0.0938. The Hall–Kier alpha value is -1.89. The van der Waals surface area contributed by atoms with Crippen LogP contribution in [0, 0.1) is 0 Å². The van der Waals surface area contributed by atoms with Crippen LogP contribution in [0.3, 0.4) is 0 Å². The van der Waals surface area contributed by atoms with E-state index in [0.717, 1.165) is 0 Å². The van der Waals surface area contributed by atoms with E-state index in [1.807, 2.05) is 13.8 Å². The standard InChI is InChI=1S/C11H18N4O3/c1-11(2,12)5-13-8(16)7-9(17-3)14-6-15-10(7)18-4/h6H,5,12H2,1-4H3,(H,13,16). The molecule has 0 bridgehead atoms. The number of rotatable bonds is 5. The van der Waals surface area contributed by atoms with Crippen molar-refractivity contribution >= 4 is 5.91 Å². The van der Waals surface area contributed by atoms with Crippen LogP contribution in [0.4, 0.5) is 0 Å². The van der Waals surface area contributed by atoms with Crippen LogP contribution < -0.4 is 20.5 Å². The highest BCUT2D eigenvalue weighted by Crippen LogP contribution is 2.22. The first-order valence-electron chi connectivity index (χ1n) is 5.39. The van der Waals surface area contributed by atoms with E-state index in [9.17, 15) is 4.79 Å². The summed E-state index contributed by atoms with van der Waals surface area (Å²) in [5.74, 6) is -0.0637. The van der Waals surface area contributed by atoms with Crippen LogP contribution in [0.5, 0.6) is 11.8 Å². The molecule has 0 aromatic carbocycles. The third-order valence-corrected chi connectivity index (χ3v) is 2.10. The van der Waals surface area contributed by atoms with Gasteiger partial charge in [0.1, 0.15) is 6.33 Å². The maximum atomic E-state index is 12.0. The fourth-order valence-electron chi connectivity index (χ4n) is 1.25. The van der Waals surface area contributed by atoms with Crippen molar-refractivity contribution in [3.63, 3.8) is 0 Å². The summed E-state index contributed by atoms with van der Waals surface area (Å²) >= 11 is 0. The topological polar surface area (TPSA) is 99.4 Å². The molecule has 1 aromatic rings. The van der Waals surface area contributed by atoms with Gasteiger partial charge in [-0.3, -0.25) is 4.79 Å². The molecule has 0 spiro atoms. The number of hydrogen-bond donors (Lipinski definition) is 2. The van der Waals surface area contributed by atoms with Crippen molar-refractivity contribution in [2.75, 3.05) is 20.8 Å². The second-order valence-electron chi connectivity index (χ2n) is 4.44. The number of amides is 1. The highest BCUT2D eigenvalue weighted by molar-refractivity contribution is 5.98. The van der Waals surface area contributed by atoms with Crippen LogP contribution in [-0.2, 0) is 0 Å². The lowest BCUT2D eigenvalue weighted by Crippen LogP contribution is -2.45. The Morgan fingerprint density at radius 3 is 2.22 bits per heavy atom. The molecule has 0 saturated carbocycles. The van der Waals surface area contributed by atoms with Crippen LogP contribution in [0.15, 0.2) is 6.33 Å². The van der Waals surface area contributed by atoms with Crippen molar-refractivity contribution in [3.05, 3.63) is 11.9 Å². The Morgan fingerprint density at radius 2 is 1.83 bits per heavy atom. The monoisotopic (exact) mass is 254 g/mol. The number of nitrogens with two attached hydrogens (primary N) is 1. The summed E-state index contributed by atoms with van der Waals surface area (Å²) in [6.07, 6.45) is 1.27. The number of carbonyl (C=O) groups excluding carboxylic acids is 1. The molecule has 18 heavy (non-hydrogen) atoms. The lowest BCUT2D eigenvalue weighted by Gasteiger charge is -2.19.